The molecule has 2 fully saturated rings. The van der Waals surface area contributed by atoms with Gasteiger partial charge in [-0.3, -0.25) is 0 Å². The zero-order valence-electron chi connectivity index (χ0n) is 7.52. The molecule has 2 atom stereocenters. The number of rotatable bonds is 0. The molecule has 2 unspecified atom stereocenters. The van der Waals surface area contributed by atoms with Gasteiger partial charge in [-0.05, 0) is 18.3 Å². The minimum atomic E-state index is 1.17. The number of hydrogen-bond donors (Lipinski definition) is 0. The smallest absolute Gasteiger partial charge is 0.0383 e. The quantitative estimate of drug-likeness (QED) is 0.496. The molecule has 0 amide bonds. The normalized spacial score (nSPS) is 39.3. The first-order chi connectivity index (χ1) is 5.47. The summed E-state index contributed by atoms with van der Waals surface area (Å²) in [5, 5.41) is 0. The van der Waals surface area contributed by atoms with Gasteiger partial charge >= 0.3 is 0 Å². The second-order valence-electron chi connectivity index (χ2n) is 4.45. The lowest BCUT2D eigenvalue weighted by Crippen LogP contribution is -1.89. The zero-order valence-corrected chi connectivity index (χ0v) is 7.52. The lowest BCUT2D eigenvalue weighted by Gasteiger charge is -2.05. The van der Waals surface area contributed by atoms with Crippen molar-refractivity contribution in [2.24, 2.45) is 11.8 Å². The van der Waals surface area contributed by atoms with E-state index in [2.05, 4.69) is 0 Å². The SMILES string of the molecule is C1CCCCC2CC2CCC1. The highest BCUT2D eigenvalue weighted by Crippen LogP contribution is 2.46. The molecule has 0 spiro atoms. The van der Waals surface area contributed by atoms with Gasteiger partial charge in [-0.2, -0.15) is 0 Å². The molecule has 0 aliphatic heterocycles. The van der Waals surface area contributed by atoms with Crippen molar-refractivity contribution in [1.29, 1.82) is 0 Å². The summed E-state index contributed by atoms with van der Waals surface area (Å²) < 4.78 is 0. The van der Waals surface area contributed by atoms with Crippen molar-refractivity contribution in [2.75, 3.05) is 0 Å². The first-order valence-electron chi connectivity index (χ1n) is 5.47. The minimum Gasteiger partial charge on any atom is -0.0533 e. The summed E-state index contributed by atoms with van der Waals surface area (Å²) in [6, 6.07) is 0. The Morgan fingerprint density at radius 3 is 1.55 bits per heavy atom. The van der Waals surface area contributed by atoms with Gasteiger partial charge < -0.3 is 0 Å². The first kappa shape index (κ1) is 7.64. The number of hydrogen-bond acceptors (Lipinski definition) is 0. The molecule has 11 heavy (non-hydrogen) atoms. The van der Waals surface area contributed by atoms with E-state index >= 15 is 0 Å². The molecular weight excluding hydrogens is 132 g/mol. The predicted molar refractivity (Wildman–Crippen MR) is 48.5 cm³/mol. The third kappa shape index (κ3) is 2.21. The molecule has 2 rings (SSSR count). The van der Waals surface area contributed by atoms with Crippen LogP contribution < -0.4 is 0 Å². The van der Waals surface area contributed by atoms with Crippen molar-refractivity contribution >= 4 is 0 Å². The zero-order chi connectivity index (χ0) is 7.52. The average Bonchev–Trinajstić information content (AvgIpc) is 2.76. The average molecular weight is 152 g/mol. The summed E-state index contributed by atoms with van der Waals surface area (Å²) in [4.78, 5) is 0. The Hall–Kier alpha value is 0. The first-order valence-corrected chi connectivity index (χ1v) is 5.47. The molecular formula is C11H20. The van der Waals surface area contributed by atoms with Crippen LogP contribution in [0.15, 0.2) is 0 Å². The van der Waals surface area contributed by atoms with E-state index in [1.165, 1.54) is 50.4 Å². The van der Waals surface area contributed by atoms with E-state index in [0.717, 1.165) is 0 Å². The highest BCUT2D eigenvalue weighted by atomic mass is 14.4. The standard InChI is InChI=1S/C11H20/c1-2-4-6-8-11-9-10(11)7-5-3-1/h10-11H,1-9H2. The van der Waals surface area contributed by atoms with Crippen molar-refractivity contribution in [1.82, 2.24) is 0 Å². The molecule has 0 heteroatoms. The van der Waals surface area contributed by atoms with E-state index in [9.17, 15) is 0 Å². The van der Waals surface area contributed by atoms with Gasteiger partial charge in [0, 0.05) is 0 Å². The molecule has 0 nitrogen and oxygen atoms in total. The van der Waals surface area contributed by atoms with E-state index in [1.807, 2.05) is 0 Å². The fourth-order valence-electron chi connectivity index (χ4n) is 2.54. The van der Waals surface area contributed by atoms with E-state index in [0.29, 0.717) is 0 Å². The summed E-state index contributed by atoms with van der Waals surface area (Å²) in [6.07, 6.45) is 13.8. The van der Waals surface area contributed by atoms with Gasteiger partial charge in [-0.15, -0.1) is 0 Å². The van der Waals surface area contributed by atoms with E-state index in [-0.39, 0.29) is 0 Å². The van der Waals surface area contributed by atoms with Gasteiger partial charge in [0.15, 0.2) is 0 Å². The maximum Gasteiger partial charge on any atom is -0.0383 e. The summed E-state index contributed by atoms with van der Waals surface area (Å²) in [5.41, 5.74) is 0. The van der Waals surface area contributed by atoms with Crippen molar-refractivity contribution in [3.63, 3.8) is 0 Å². The lowest BCUT2D eigenvalue weighted by molar-refractivity contribution is 0.489. The molecule has 0 aromatic heterocycles. The highest BCUT2D eigenvalue weighted by molar-refractivity contribution is 4.85. The molecule has 0 radical (unpaired) electrons. The molecule has 64 valence electrons. The Morgan fingerprint density at radius 1 is 0.545 bits per heavy atom. The monoisotopic (exact) mass is 152 g/mol. The molecule has 0 saturated heterocycles. The molecule has 0 heterocycles. The van der Waals surface area contributed by atoms with Crippen molar-refractivity contribution < 1.29 is 0 Å². The second kappa shape index (κ2) is 3.60. The Labute approximate surface area is 70.4 Å². The molecule has 0 aromatic rings. The third-order valence-corrected chi connectivity index (χ3v) is 3.47. The highest BCUT2D eigenvalue weighted by Gasteiger charge is 2.35. The van der Waals surface area contributed by atoms with E-state index in [1.54, 1.807) is 19.3 Å². The number of fused-ring (bicyclic) bond motifs is 1. The third-order valence-electron chi connectivity index (χ3n) is 3.47. The van der Waals surface area contributed by atoms with Gasteiger partial charge in [-0.1, -0.05) is 51.4 Å². The Bertz CT molecular complexity index is 103. The van der Waals surface area contributed by atoms with E-state index < -0.39 is 0 Å². The lowest BCUT2D eigenvalue weighted by atomic mass is 10.0. The van der Waals surface area contributed by atoms with Crippen LogP contribution in [-0.2, 0) is 0 Å². The minimum absolute atomic E-state index is 1.17. The maximum atomic E-state index is 1.58. The fourth-order valence-corrected chi connectivity index (χ4v) is 2.54. The molecule has 2 saturated carbocycles. The van der Waals surface area contributed by atoms with Gasteiger partial charge in [-0.25, -0.2) is 0 Å². The van der Waals surface area contributed by atoms with Crippen LogP contribution in [0.4, 0.5) is 0 Å². The molecule has 2 aliphatic rings. The second-order valence-corrected chi connectivity index (χ2v) is 4.45. The van der Waals surface area contributed by atoms with Crippen LogP contribution >= 0.6 is 0 Å². The molecule has 0 aromatic carbocycles. The largest absolute Gasteiger partial charge is 0.0533 e. The van der Waals surface area contributed by atoms with Crippen LogP contribution in [0.25, 0.3) is 0 Å². The van der Waals surface area contributed by atoms with Crippen molar-refractivity contribution in [3.8, 4) is 0 Å². The topological polar surface area (TPSA) is 0 Å². The predicted octanol–water partition coefficient (Wildman–Crippen LogP) is 3.76. The molecule has 2 aliphatic carbocycles. The van der Waals surface area contributed by atoms with Crippen molar-refractivity contribution in [3.05, 3.63) is 0 Å². The van der Waals surface area contributed by atoms with Crippen LogP contribution in [0.2, 0.25) is 0 Å². The van der Waals surface area contributed by atoms with Gasteiger partial charge in [0.25, 0.3) is 0 Å². The van der Waals surface area contributed by atoms with Crippen molar-refractivity contribution in [2.45, 2.75) is 57.8 Å². The van der Waals surface area contributed by atoms with Gasteiger partial charge in [0.2, 0.25) is 0 Å². The van der Waals surface area contributed by atoms with Crippen LogP contribution in [-0.4, -0.2) is 0 Å². The van der Waals surface area contributed by atoms with Crippen LogP contribution in [0.5, 0.6) is 0 Å². The van der Waals surface area contributed by atoms with Crippen LogP contribution in [0.1, 0.15) is 57.8 Å². The molecule has 0 bridgehead atoms. The van der Waals surface area contributed by atoms with Gasteiger partial charge in [0.05, 0.1) is 0 Å². The Balaban J connectivity index is 1.72. The molecule has 0 N–H and O–H groups in total. The fraction of sp³-hybridized carbons (Fsp3) is 1.00. The Kier molecular flexibility index (Phi) is 2.50. The van der Waals surface area contributed by atoms with Crippen LogP contribution in [0, 0.1) is 11.8 Å². The maximum absolute atomic E-state index is 1.58. The summed E-state index contributed by atoms with van der Waals surface area (Å²) in [5.74, 6) is 2.35. The summed E-state index contributed by atoms with van der Waals surface area (Å²) >= 11 is 0. The van der Waals surface area contributed by atoms with E-state index in [4.69, 9.17) is 0 Å². The van der Waals surface area contributed by atoms with Crippen LogP contribution in [0.3, 0.4) is 0 Å². The van der Waals surface area contributed by atoms with Gasteiger partial charge in [0.1, 0.15) is 0 Å². The summed E-state index contributed by atoms with van der Waals surface area (Å²) in [7, 11) is 0. The Morgan fingerprint density at radius 2 is 1.00 bits per heavy atom. The summed E-state index contributed by atoms with van der Waals surface area (Å²) in [6.45, 7) is 0.